The fraction of sp³-hybridized carbons (Fsp3) is 0.167. The molecular weight excluding hydrogens is 248 g/mol. The Morgan fingerprint density at radius 1 is 1.05 bits per heavy atom. The minimum atomic E-state index is 0.0601. The number of hydrogen-bond donors (Lipinski definition) is 0. The highest BCUT2D eigenvalue weighted by molar-refractivity contribution is 5.88. The third kappa shape index (κ3) is 3.82. The Balaban J connectivity index is 2.02. The second-order valence-electron chi connectivity index (χ2n) is 4.48. The van der Waals surface area contributed by atoms with Gasteiger partial charge in [0.25, 0.3) is 0 Å². The minimum Gasteiger partial charge on any atom is -0.493 e. The normalized spacial score (nSPS) is 10.0. The largest absolute Gasteiger partial charge is 0.493 e. The summed E-state index contributed by atoms with van der Waals surface area (Å²) in [7, 11) is 0. The van der Waals surface area contributed by atoms with Crippen LogP contribution >= 0.6 is 0 Å². The van der Waals surface area contributed by atoms with Gasteiger partial charge in [-0.1, -0.05) is 55.1 Å². The van der Waals surface area contributed by atoms with E-state index < -0.39 is 0 Å². The Hall–Kier alpha value is -2.35. The average molecular weight is 266 g/mol. The van der Waals surface area contributed by atoms with E-state index >= 15 is 0 Å². The molecule has 2 heteroatoms. The van der Waals surface area contributed by atoms with Gasteiger partial charge in [-0.3, -0.25) is 4.79 Å². The van der Waals surface area contributed by atoms with Crippen molar-refractivity contribution in [1.82, 2.24) is 0 Å². The summed E-state index contributed by atoms with van der Waals surface area (Å²) in [5, 5.41) is 0. The first-order valence-corrected chi connectivity index (χ1v) is 6.74. The summed E-state index contributed by atoms with van der Waals surface area (Å²) in [6.07, 6.45) is 2.54. The highest BCUT2D eigenvalue weighted by Crippen LogP contribution is 2.29. The Morgan fingerprint density at radius 2 is 1.75 bits per heavy atom. The van der Waals surface area contributed by atoms with E-state index in [9.17, 15) is 4.79 Å². The molecule has 0 N–H and O–H groups in total. The lowest BCUT2D eigenvalue weighted by molar-refractivity contribution is -0.114. The number of hydrogen-bond acceptors (Lipinski definition) is 2. The molecule has 0 aliphatic heterocycles. The van der Waals surface area contributed by atoms with Gasteiger partial charge in [-0.25, -0.2) is 0 Å². The van der Waals surface area contributed by atoms with Crippen molar-refractivity contribution in [3.8, 4) is 16.9 Å². The summed E-state index contributed by atoms with van der Waals surface area (Å²) in [5.74, 6) is 0.912. The van der Waals surface area contributed by atoms with Crippen LogP contribution in [-0.4, -0.2) is 12.4 Å². The maximum absolute atomic E-state index is 11.1. The molecule has 0 aliphatic carbocycles. The molecule has 0 bridgehead atoms. The van der Waals surface area contributed by atoms with E-state index in [1.165, 1.54) is 6.08 Å². The summed E-state index contributed by atoms with van der Waals surface area (Å²) in [4.78, 5) is 11.1. The van der Waals surface area contributed by atoms with Gasteiger partial charge in [0.15, 0.2) is 5.78 Å². The number of carbonyl (C=O) groups is 1. The van der Waals surface area contributed by atoms with Crippen LogP contribution in [0.3, 0.4) is 0 Å². The highest BCUT2D eigenvalue weighted by atomic mass is 16.5. The molecule has 0 spiro atoms. The first-order chi connectivity index (χ1) is 9.81. The number of allylic oxidation sites excluding steroid dienone is 1. The monoisotopic (exact) mass is 266 g/mol. The number of ketones is 1. The molecular formula is C18H18O2. The molecule has 0 unspecified atom stereocenters. The fourth-order valence-corrected chi connectivity index (χ4v) is 1.98. The molecule has 0 radical (unpaired) electrons. The van der Waals surface area contributed by atoms with Gasteiger partial charge in [-0.15, -0.1) is 0 Å². The zero-order valence-corrected chi connectivity index (χ0v) is 11.4. The van der Waals surface area contributed by atoms with Crippen LogP contribution in [0.5, 0.6) is 5.75 Å². The van der Waals surface area contributed by atoms with Gasteiger partial charge in [0, 0.05) is 12.0 Å². The standard InChI is InChI=1S/C18H18O2/c1-2-16(19)11-8-14-20-18-13-7-6-12-17(18)15-9-4-3-5-10-15/h2-7,9-10,12-13H,1,8,11,14H2. The van der Waals surface area contributed by atoms with E-state index in [1.54, 1.807) is 0 Å². The van der Waals surface area contributed by atoms with Crippen molar-refractivity contribution in [2.45, 2.75) is 12.8 Å². The van der Waals surface area contributed by atoms with Crippen LogP contribution in [0.25, 0.3) is 11.1 Å². The number of benzene rings is 2. The molecule has 102 valence electrons. The molecule has 0 atom stereocenters. The van der Waals surface area contributed by atoms with Gasteiger partial charge in [0.1, 0.15) is 5.75 Å². The summed E-state index contributed by atoms with van der Waals surface area (Å²) in [6.45, 7) is 3.99. The zero-order valence-electron chi connectivity index (χ0n) is 11.4. The van der Waals surface area contributed by atoms with Gasteiger partial charge >= 0.3 is 0 Å². The topological polar surface area (TPSA) is 26.3 Å². The summed E-state index contributed by atoms with van der Waals surface area (Å²) < 4.78 is 5.80. The van der Waals surface area contributed by atoms with E-state index in [4.69, 9.17) is 4.74 Å². The summed E-state index contributed by atoms with van der Waals surface area (Å²) in [6, 6.07) is 18.1. The van der Waals surface area contributed by atoms with Crippen LogP contribution in [0.4, 0.5) is 0 Å². The maximum atomic E-state index is 11.1. The van der Waals surface area contributed by atoms with Crippen LogP contribution in [0.15, 0.2) is 67.3 Å². The predicted molar refractivity (Wildman–Crippen MR) is 81.8 cm³/mol. The summed E-state index contributed by atoms with van der Waals surface area (Å²) in [5.41, 5.74) is 2.20. The molecule has 0 heterocycles. The van der Waals surface area contributed by atoms with Crippen molar-refractivity contribution in [2.24, 2.45) is 0 Å². The van der Waals surface area contributed by atoms with Gasteiger partial charge in [-0.2, -0.15) is 0 Å². The molecule has 0 amide bonds. The lowest BCUT2D eigenvalue weighted by atomic mass is 10.1. The van der Waals surface area contributed by atoms with E-state index in [0.29, 0.717) is 19.4 Å². The van der Waals surface area contributed by atoms with Gasteiger partial charge in [-0.05, 0) is 24.1 Å². The quantitative estimate of drug-likeness (QED) is 0.552. The molecule has 2 nitrogen and oxygen atoms in total. The number of ether oxygens (including phenoxy) is 1. The number of rotatable bonds is 7. The third-order valence-corrected chi connectivity index (χ3v) is 3.02. The molecule has 0 saturated carbocycles. The lowest BCUT2D eigenvalue weighted by Crippen LogP contribution is -2.01. The second kappa shape index (κ2) is 7.29. The minimum absolute atomic E-state index is 0.0601. The summed E-state index contributed by atoms with van der Waals surface area (Å²) >= 11 is 0. The second-order valence-corrected chi connectivity index (χ2v) is 4.48. The van der Waals surface area contributed by atoms with Crippen LogP contribution in [-0.2, 0) is 4.79 Å². The molecule has 0 aromatic heterocycles. The first-order valence-electron chi connectivity index (χ1n) is 6.74. The van der Waals surface area contributed by atoms with Gasteiger partial charge < -0.3 is 4.74 Å². The van der Waals surface area contributed by atoms with Crippen molar-refractivity contribution >= 4 is 5.78 Å². The molecule has 2 aromatic rings. The Bertz CT molecular complexity index is 573. The highest BCUT2D eigenvalue weighted by Gasteiger charge is 2.05. The van der Waals surface area contributed by atoms with E-state index in [1.807, 2.05) is 42.5 Å². The van der Waals surface area contributed by atoms with Gasteiger partial charge in [0.2, 0.25) is 0 Å². The van der Waals surface area contributed by atoms with E-state index in [-0.39, 0.29) is 5.78 Å². The molecule has 0 fully saturated rings. The molecule has 2 aromatic carbocycles. The predicted octanol–water partition coefficient (Wildman–Crippen LogP) is 4.27. The molecule has 0 saturated heterocycles. The van der Waals surface area contributed by atoms with Crippen LogP contribution in [0.2, 0.25) is 0 Å². The maximum Gasteiger partial charge on any atom is 0.155 e. The number of para-hydroxylation sites is 1. The molecule has 2 rings (SSSR count). The average Bonchev–Trinajstić information content (AvgIpc) is 2.52. The van der Waals surface area contributed by atoms with Gasteiger partial charge in [0.05, 0.1) is 6.61 Å². The van der Waals surface area contributed by atoms with Crippen molar-refractivity contribution in [3.05, 3.63) is 67.3 Å². The Morgan fingerprint density at radius 3 is 2.50 bits per heavy atom. The number of carbonyl (C=O) groups excluding carboxylic acids is 1. The zero-order chi connectivity index (χ0) is 14.2. The van der Waals surface area contributed by atoms with Crippen molar-refractivity contribution < 1.29 is 9.53 Å². The SMILES string of the molecule is C=CC(=O)CCCOc1ccccc1-c1ccccc1. The lowest BCUT2D eigenvalue weighted by Gasteiger charge is -2.11. The van der Waals surface area contributed by atoms with Crippen molar-refractivity contribution in [3.63, 3.8) is 0 Å². The Labute approximate surface area is 119 Å². The first kappa shape index (κ1) is 14.1. The van der Waals surface area contributed by atoms with Crippen LogP contribution < -0.4 is 4.74 Å². The van der Waals surface area contributed by atoms with Crippen molar-refractivity contribution in [1.29, 1.82) is 0 Å². The molecule has 20 heavy (non-hydrogen) atoms. The molecule has 0 aliphatic rings. The van der Waals surface area contributed by atoms with Crippen molar-refractivity contribution in [2.75, 3.05) is 6.61 Å². The third-order valence-electron chi connectivity index (χ3n) is 3.02. The smallest absolute Gasteiger partial charge is 0.155 e. The van der Waals surface area contributed by atoms with E-state index in [2.05, 4.69) is 18.7 Å². The van der Waals surface area contributed by atoms with E-state index in [0.717, 1.165) is 16.9 Å². The van der Waals surface area contributed by atoms with Crippen LogP contribution in [0.1, 0.15) is 12.8 Å². The fourth-order valence-electron chi connectivity index (χ4n) is 1.98. The Kier molecular flexibility index (Phi) is 5.13. The van der Waals surface area contributed by atoms with Crippen LogP contribution in [0, 0.1) is 0 Å².